The van der Waals surface area contributed by atoms with Gasteiger partial charge in [0.25, 0.3) is 0 Å². The maximum absolute atomic E-state index is 10.5. The standard InChI is InChI=1S/C51H29N5S/c52-30-31-24-35(26-37(25-31)56-44-20-10-7-17-39(44)42-27-32-12-4-5-13-33(32)28-46(42)56)51-53-48(50-49(54-51)41-18-8-11-21-47(41)57-50)34-22-23-40-38-16-6-9-19-43(38)55(45(40)29-34)36-14-2-1-3-15-36/h1-29H. The molecule has 0 aliphatic rings. The molecule has 5 nitrogen and oxygen atoms in total. The Labute approximate surface area is 330 Å². The number of nitriles is 1. The number of fused-ring (bicyclic) bond motifs is 10. The fourth-order valence-corrected chi connectivity index (χ4v) is 9.91. The minimum Gasteiger partial charge on any atom is -0.309 e. The molecule has 0 saturated carbocycles. The van der Waals surface area contributed by atoms with E-state index >= 15 is 0 Å². The number of aromatic nitrogens is 4. The quantitative estimate of drug-likeness (QED) is 0.180. The van der Waals surface area contributed by atoms with Gasteiger partial charge in [-0.2, -0.15) is 5.26 Å². The molecule has 0 amide bonds. The molecule has 4 heterocycles. The molecule has 12 rings (SSSR count). The Balaban J connectivity index is 1.13. The zero-order valence-corrected chi connectivity index (χ0v) is 31.2. The highest BCUT2D eigenvalue weighted by Crippen LogP contribution is 2.42. The normalized spacial score (nSPS) is 11.8. The van der Waals surface area contributed by atoms with Gasteiger partial charge in [-0.1, -0.05) is 109 Å². The van der Waals surface area contributed by atoms with Gasteiger partial charge in [0.2, 0.25) is 0 Å². The molecule has 8 aromatic carbocycles. The Bertz CT molecular complexity index is 3660. The van der Waals surface area contributed by atoms with Gasteiger partial charge in [0, 0.05) is 54.1 Å². The zero-order valence-electron chi connectivity index (χ0n) is 30.4. The van der Waals surface area contributed by atoms with E-state index in [9.17, 15) is 5.26 Å². The Hall–Kier alpha value is -7.59. The predicted octanol–water partition coefficient (Wildman–Crippen LogP) is 13.4. The van der Waals surface area contributed by atoms with Crippen LogP contribution >= 0.6 is 11.3 Å². The molecule has 0 unspecified atom stereocenters. The van der Waals surface area contributed by atoms with Gasteiger partial charge in [0.15, 0.2) is 5.82 Å². The highest BCUT2D eigenvalue weighted by molar-refractivity contribution is 7.26. The molecule has 264 valence electrons. The molecule has 6 heteroatoms. The summed E-state index contributed by atoms with van der Waals surface area (Å²) in [5.74, 6) is 0.578. The van der Waals surface area contributed by atoms with Crippen LogP contribution in [0.15, 0.2) is 176 Å². The van der Waals surface area contributed by atoms with E-state index in [2.05, 4.69) is 179 Å². The maximum atomic E-state index is 10.5. The maximum Gasteiger partial charge on any atom is 0.160 e. The van der Waals surface area contributed by atoms with E-state index in [4.69, 9.17) is 9.97 Å². The lowest BCUT2D eigenvalue weighted by atomic mass is 10.1. The van der Waals surface area contributed by atoms with Crippen molar-refractivity contribution in [2.24, 2.45) is 0 Å². The molecule has 0 bridgehead atoms. The van der Waals surface area contributed by atoms with E-state index in [1.807, 2.05) is 12.1 Å². The van der Waals surface area contributed by atoms with Gasteiger partial charge >= 0.3 is 0 Å². The van der Waals surface area contributed by atoms with Crippen LogP contribution in [0.2, 0.25) is 0 Å². The average molecular weight is 744 g/mol. The Morgan fingerprint density at radius 2 is 1.09 bits per heavy atom. The van der Waals surface area contributed by atoms with Gasteiger partial charge in [0.1, 0.15) is 0 Å². The highest BCUT2D eigenvalue weighted by atomic mass is 32.1. The van der Waals surface area contributed by atoms with E-state index in [1.165, 1.54) is 21.5 Å². The average Bonchev–Trinajstić information content (AvgIpc) is 3.92. The lowest BCUT2D eigenvalue weighted by Gasteiger charge is -2.13. The number of benzene rings is 8. The van der Waals surface area contributed by atoms with E-state index in [0.29, 0.717) is 11.4 Å². The summed E-state index contributed by atoms with van der Waals surface area (Å²) in [7, 11) is 0. The molecule has 0 spiro atoms. The van der Waals surface area contributed by atoms with Gasteiger partial charge in [-0.05, 0) is 77.5 Å². The number of hydrogen-bond donors (Lipinski definition) is 0. The molecule has 0 N–H and O–H groups in total. The minimum atomic E-state index is 0.545. The summed E-state index contributed by atoms with van der Waals surface area (Å²) in [5.41, 5.74) is 10.5. The second-order valence-electron chi connectivity index (χ2n) is 14.5. The molecule has 0 saturated heterocycles. The second-order valence-corrected chi connectivity index (χ2v) is 15.6. The Kier molecular flexibility index (Phi) is 6.80. The van der Waals surface area contributed by atoms with Crippen LogP contribution in [-0.4, -0.2) is 19.1 Å². The first-order valence-electron chi connectivity index (χ1n) is 19.0. The molecule has 57 heavy (non-hydrogen) atoms. The van der Waals surface area contributed by atoms with Crippen LogP contribution in [0.1, 0.15) is 5.56 Å². The van der Waals surface area contributed by atoms with Crippen molar-refractivity contribution in [1.29, 1.82) is 5.26 Å². The summed E-state index contributed by atoms with van der Waals surface area (Å²) in [5, 5.41) is 18.7. The molecule has 4 aromatic heterocycles. The second kappa shape index (κ2) is 12.2. The van der Waals surface area contributed by atoms with Crippen molar-refractivity contribution in [3.8, 4) is 40.1 Å². The Morgan fingerprint density at radius 3 is 1.88 bits per heavy atom. The lowest BCUT2D eigenvalue weighted by molar-refractivity contribution is 1.17. The molecule has 0 fully saturated rings. The number of para-hydroxylation sites is 3. The smallest absolute Gasteiger partial charge is 0.160 e. The van der Waals surface area contributed by atoms with Gasteiger partial charge in [-0.25, -0.2) is 9.97 Å². The monoisotopic (exact) mass is 743 g/mol. The van der Waals surface area contributed by atoms with E-state index in [1.54, 1.807) is 11.3 Å². The van der Waals surface area contributed by atoms with Crippen LogP contribution < -0.4 is 0 Å². The van der Waals surface area contributed by atoms with Crippen molar-refractivity contribution < 1.29 is 0 Å². The topological polar surface area (TPSA) is 59.4 Å². The summed E-state index contributed by atoms with van der Waals surface area (Å²) in [6, 6.07) is 64.3. The van der Waals surface area contributed by atoms with Gasteiger partial charge in [0.05, 0.1) is 49.6 Å². The first-order valence-corrected chi connectivity index (χ1v) is 19.8. The lowest BCUT2D eigenvalue weighted by Crippen LogP contribution is -1.99. The third-order valence-corrected chi connectivity index (χ3v) is 12.5. The molecular formula is C51H29N5S. The van der Waals surface area contributed by atoms with Gasteiger partial charge in [-0.3, -0.25) is 0 Å². The molecule has 12 aromatic rings. The SMILES string of the molecule is N#Cc1cc(-c2nc(-c3ccc4c5ccccc5n(-c5ccccc5)c4c3)c3sc4ccccc4c3n2)cc(-n2c3ccccc3c3cc4ccccc4cc32)c1. The number of rotatable bonds is 4. The van der Waals surface area contributed by atoms with Crippen LogP contribution in [0.25, 0.3) is 109 Å². The molecule has 0 aliphatic heterocycles. The van der Waals surface area contributed by atoms with E-state index in [-0.39, 0.29) is 0 Å². The van der Waals surface area contributed by atoms with Gasteiger partial charge < -0.3 is 9.13 Å². The summed E-state index contributed by atoms with van der Waals surface area (Å²) >= 11 is 1.72. The van der Waals surface area contributed by atoms with Crippen molar-refractivity contribution in [2.75, 3.05) is 0 Å². The summed E-state index contributed by atoms with van der Waals surface area (Å²) in [6.45, 7) is 0. The first-order chi connectivity index (χ1) is 28.2. The highest BCUT2D eigenvalue weighted by Gasteiger charge is 2.21. The van der Waals surface area contributed by atoms with Crippen LogP contribution in [0.5, 0.6) is 0 Å². The van der Waals surface area contributed by atoms with Crippen molar-refractivity contribution >= 4 is 86.0 Å². The summed E-state index contributed by atoms with van der Waals surface area (Å²) in [4.78, 5) is 10.8. The predicted molar refractivity (Wildman–Crippen MR) is 237 cm³/mol. The van der Waals surface area contributed by atoms with Crippen LogP contribution in [-0.2, 0) is 0 Å². The number of nitrogens with zero attached hydrogens (tertiary/aromatic N) is 5. The third kappa shape index (κ3) is 4.80. The summed E-state index contributed by atoms with van der Waals surface area (Å²) < 4.78 is 6.81. The number of thiophene rings is 1. The largest absolute Gasteiger partial charge is 0.309 e. The first kappa shape index (κ1) is 31.7. The van der Waals surface area contributed by atoms with Crippen molar-refractivity contribution in [3.05, 3.63) is 181 Å². The molecule has 0 aliphatic carbocycles. The van der Waals surface area contributed by atoms with Crippen LogP contribution in [0.4, 0.5) is 0 Å². The Morgan fingerprint density at radius 1 is 0.456 bits per heavy atom. The molecule has 0 atom stereocenters. The van der Waals surface area contributed by atoms with Crippen LogP contribution in [0.3, 0.4) is 0 Å². The number of hydrogen-bond acceptors (Lipinski definition) is 4. The summed E-state index contributed by atoms with van der Waals surface area (Å²) in [6.07, 6.45) is 0. The molecular weight excluding hydrogens is 715 g/mol. The van der Waals surface area contributed by atoms with Crippen molar-refractivity contribution in [2.45, 2.75) is 0 Å². The minimum absolute atomic E-state index is 0.545. The zero-order chi connectivity index (χ0) is 37.6. The molecule has 0 radical (unpaired) electrons. The van der Waals surface area contributed by atoms with Crippen LogP contribution in [0, 0.1) is 11.3 Å². The van der Waals surface area contributed by atoms with E-state index < -0.39 is 0 Å². The fourth-order valence-electron chi connectivity index (χ4n) is 8.76. The fraction of sp³-hybridized carbons (Fsp3) is 0. The van der Waals surface area contributed by atoms with Crippen molar-refractivity contribution in [3.63, 3.8) is 0 Å². The third-order valence-electron chi connectivity index (χ3n) is 11.3. The van der Waals surface area contributed by atoms with Crippen molar-refractivity contribution in [1.82, 2.24) is 19.1 Å². The van der Waals surface area contributed by atoms with E-state index in [0.717, 1.165) is 81.3 Å². The van der Waals surface area contributed by atoms with Gasteiger partial charge in [-0.15, -0.1) is 11.3 Å².